The van der Waals surface area contributed by atoms with Crippen molar-refractivity contribution >= 4 is 11.7 Å². The molecule has 0 radical (unpaired) electrons. The van der Waals surface area contributed by atoms with Crippen molar-refractivity contribution < 1.29 is 27.2 Å². The normalized spacial score (nSPS) is 11.2. The summed E-state index contributed by atoms with van der Waals surface area (Å²) >= 11 is 0. The summed E-state index contributed by atoms with van der Waals surface area (Å²) in [4.78, 5) is 15.9. The first-order chi connectivity index (χ1) is 14.4. The lowest BCUT2D eigenvalue weighted by Crippen LogP contribution is -2.26. The summed E-state index contributed by atoms with van der Waals surface area (Å²) in [6.07, 6.45) is -3.11. The molecule has 30 heavy (non-hydrogen) atoms. The number of methoxy groups -OCH3 is 1. The highest BCUT2D eigenvalue weighted by atomic mass is 19.4. The van der Waals surface area contributed by atoms with E-state index < -0.39 is 17.6 Å². The van der Waals surface area contributed by atoms with Crippen LogP contribution in [0.25, 0.3) is 11.3 Å². The van der Waals surface area contributed by atoms with E-state index in [9.17, 15) is 18.0 Å². The fourth-order valence-electron chi connectivity index (χ4n) is 2.62. The molecule has 3 aromatic rings. The number of ether oxygens (including phenoxy) is 1. The van der Waals surface area contributed by atoms with Crippen LogP contribution in [0.5, 0.6) is 5.75 Å². The van der Waals surface area contributed by atoms with Gasteiger partial charge in [-0.05, 0) is 30.7 Å². The summed E-state index contributed by atoms with van der Waals surface area (Å²) in [5.74, 6) is 0.941. The number of alkyl halides is 3. The smallest absolute Gasteiger partial charge is 0.417 e. The van der Waals surface area contributed by atoms with Gasteiger partial charge < -0.3 is 19.9 Å². The topological polar surface area (TPSA) is 89.3 Å². The number of pyridine rings is 1. The molecule has 0 aliphatic heterocycles. The molecule has 2 N–H and O–H groups in total. The number of aromatic nitrogens is 2. The molecule has 3 rings (SSSR count). The van der Waals surface area contributed by atoms with Crippen LogP contribution in [0.1, 0.15) is 22.5 Å². The van der Waals surface area contributed by atoms with Crippen LogP contribution in [0.3, 0.4) is 0 Å². The van der Waals surface area contributed by atoms with Gasteiger partial charge in [-0.15, -0.1) is 0 Å². The number of hydrogen-bond donors (Lipinski definition) is 2. The molecule has 0 atom stereocenters. The van der Waals surface area contributed by atoms with Crippen molar-refractivity contribution in [3.05, 3.63) is 59.9 Å². The first kappa shape index (κ1) is 21.2. The average molecular weight is 420 g/mol. The molecule has 0 saturated carbocycles. The van der Waals surface area contributed by atoms with Gasteiger partial charge in [-0.2, -0.15) is 13.2 Å². The summed E-state index contributed by atoms with van der Waals surface area (Å²) in [5.41, 5.74) is 0.00785. The van der Waals surface area contributed by atoms with E-state index in [1.165, 1.54) is 19.2 Å². The molecule has 0 saturated heterocycles. The Labute approximate surface area is 170 Å². The maximum absolute atomic E-state index is 12.5. The van der Waals surface area contributed by atoms with Gasteiger partial charge in [0.2, 0.25) is 0 Å². The summed E-state index contributed by atoms with van der Waals surface area (Å²) in [5, 5.41) is 9.39. The minimum absolute atomic E-state index is 0.133. The number of benzene rings is 1. The molecule has 0 unspecified atom stereocenters. The molecule has 1 amide bonds. The zero-order chi connectivity index (χ0) is 21.6. The molecule has 0 bridgehead atoms. The molecule has 0 fully saturated rings. The first-order valence-electron chi connectivity index (χ1n) is 9.04. The van der Waals surface area contributed by atoms with Crippen LogP contribution < -0.4 is 15.4 Å². The van der Waals surface area contributed by atoms with Crippen molar-refractivity contribution in [2.45, 2.75) is 12.6 Å². The Kier molecular flexibility index (Phi) is 6.55. The number of carbonyl (C=O) groups is 1. The molecule has 158 valence electrons. The van der Waals surface area contributed by atoms with Gasteiger partial charge in [0.05, 0.1) is 18.2 Å². The number of halogens is 3. The number of rotatable bonds is 8. The molecule has 7 nitrogen and oxygen atoms in total. The largest absolute Gasteiger partial charge is 0.496 e. The molecule has 0 aliphatic rings. The number of carbonyl (C=O) groups excluding carboxylic acids is 1. The molecule has 0 spiro atoms. The molecule has 10 heteroatoms. The number of anilines is 1. The van der Waals surface area contributed by atoms with Gasteiger partial charge in [0.15, 0.2) is 11.5 Å². The van der Waals surface area contributed by atoms with Crippen LogP contribution in [0.4, 0.5) is 19.0 Å². The van der Waals surface area contributed by atoms with Gasteiger partial charge in [-0.25, -0.2) is 4.98 Å². The molecule has 1 aromatic carbocycles. The number of hydrogen-bond acceptors (Lipinski definition) is 6. The van der Waals surface area contributed by atoms with Gasteiger partial charge in [0.25, 0.3) is 5.91 Å². The molecular weight excluding hydrogens is 401 g/mol. The maximum Gasteiger partial charge on any atom is 0.417 e. The van der Waals surface area contributed by atoms with Crippen molar-refractivity contribution in [2.75, 3.05) is 25.5 Å². The van der Waals surface area contributed by atoms with Gasteiger partial charge in [0, 0.05) is 25.4 Å². The van der Waals surface area contributed by atoms with Gasteiger partial charge in [-0.3, -0.25) is 4.79 Å². The summed E-state index contributed by atoms with van der Waals surface area (Å²) < 4.78 is 48.0. The number of para-hydroxylation sites is 1. The quantitative estimate of drug-likeness (QED) is 0.536. The van der Waals surface area contributed by atoms with E-state index in [1.807, 2.05) is 12.1 Å². The van der Waals surface area contributed by atoms with E-state index in [4.69, 9.17) is 9.26 Å². The van der Waals surface area contributed by atoms with E-state index in [0.717, 1.165) is 12.3 Å². The third kappa shape index (κ3) is 5.28. The predicted octanol–water partition coefficient (Wildman–Crippen LogP) is 4.00. The van der Waals surface area contributed by atoms with Crippen LogP contribution in [-0.4, -0.2) is 36.2 Å². The van der Waals surface area contributed by atoms with E-state index in [-0.39, 0.29) is 5.69 Å². The Morgan fingerprint density at radius 2 is 1.97 bits per heavy atom. The molecule has 2 aromatic heterocycles. The number of nitrogens with one attached hydrogen (secondary N) is 2. The van der Waals surface area contributed by atoms with E-state index >= 15 is 0 Å². The maximum atomic E-state index is 12.5. The first-order valence-corrected chi connectivity index (χ1v) is 9.04. The van der Waals surface area contributed by atoms with Crippen molar-refractivity contribution in [3.63, 3.8) is 0 Å². The van der Waals surface area contributed by atoms with Crippen molar-refractivity contribution in [2.24, 2.45) is 0 Å². The number of amides is 1. The fraction of sp³-hybridized carbons (Fsp3) is 0.250. The van der Waals surface area contributed by atoms with Gasteiger partial charge >= 0.3 is 6.18 Å². The minimum Gasteiger partial charge on any atom is -0.496 e. The van der Waals surface area contributed by atoms with Crippen LogP contribution >= 0.6 is 0 Å². The Hall–Kier alpha value is -3.56. The highest BCUT2D eigenvalue weighted by Gasteiger charge is 2.30. The lowest BCUT2D eigenvalue weighted by molar-refractivity contribution is -0.137. The molecular formula is C20H19F3N4O3. The van der Waals surface area contributed by atoms with Crippen LogP contribution in [0.2, 0.25) is 0 Å². The Bertz CT molecular complexity index is 987. The lowest BCUT2D eigenvalue weighted by atomic mass is 10.1. The predicted molar refractivity (Wildman–Crippen MR) is 103 cm³/mol. The highest BCUT2D eigenvalue weighted by molar-refractivity contribution is 5.93. The number of nitrogens with zero attached hydrogens (tertiary/aromatic N) is 2. The third-order valence-corrected chi connectivity index (χ3v) is 4.15. The van der Waals surface area contributed by atoms with Crippen LogP contribution in [-0.2, 0) is 6.18 Å². The lowest BCUT2D eigenvalue weighted by Gasteiger charge is -2.08. The average Bonchev–Trinajstić information content (AvgIpc) is 3.23. The highest BCUT2D eigenvalue weighted by Crippen LogP contribution is 2.30. The molecule has 0 aliphatic carbocycles. The van der Waals surface area contributed by atoms with E-state index in [1.54, 1.807) is 12.1 Å². The van der Waals surface area contributed by atoms with Crippen molar-refractivity contribution in [1.29, 1.82) is 0 Å². The van der Waals surface area contributed by atoms with Crippen molar-refractivity contribution in [1.82, 2.24) is 15.5 Å². The van der Waals surface area contributed by atoms with Crippen molar-refractivity contribution in [3.8, 4) is 17.1 Å². The van der Waals surface area contributed by atoms with E-state index in [2.05, 4.69) is 20.8 Å². The van der Waals surface area contributed by atoms with Gasteiger partial charge in [-0.1, -0.05) is 17.3 Å². The second kappa shape index (κ2) is 9.29. The monoisotopic (exact) mass is 420 g/mol. The van der Waals surface area contributed by atoms with Crippen LogP contribution in [0, 0.1) is 0 Å². The Balaban J connectivity index is 1.45. The fourth-order valence-corrected chi connectivity index (χ4v) is 2.62. The second-order valence-electron chi connectivity index (χ2n) is 6.24. The zero-order valence-electron chi connectivity index (χ0n) is 16.0. The van der Waals surface area contributed by atoms with Gasteiger partial charge in [0.1, 0.15) is 11.6 Å². The Morgan fingerprint density at radius 1 is 1.17 bits per heavy atom. The SMILES string of the molecule is COc1ccccc1-c1cc(C(=O)NCCCNc2ccc(C(F)(F)F)cn2)no1. The van der Waals surface area contributed by atoms with Crippen LogP contribution in [0.15, 0.2) is 53.2 Å². The minimum atomic E-state index is -4.41. The van der Waals surface area contributed by atoms with E-state index in [0.29, 0.717) is 42.4 Å². The Morgan fingerprint density at radius 3 is 2.67 bits per heavy atom. The standard InChI is InChI=1S/C20H19F3N4O3/c1-29-16-6-3-2-5-14(16)17-11-15(27-30-17)19(28)25-10-4-9-24-18-8-7-13(12-26-18)20(21,22)23/h2-3,5-8,11-12H,4,9-10H2,1H3,(H,24,26)(H,25,28). The second-order valence-corrected chi connectivity index (χ2v) is 6.24. The molecule has 2 heterocycles. The summed E-state index contributed by atoms with van der Waals surface area (Å²) in [6.45, 7) is 0.757. The zero-order valence-corrected chi connectivity index (χ0v) is 16.0. The summed E-state index contributed by atoms with van der Waals surface area (Å²) in [7, 11) is 1.54. The summed E-state index contributed by atoms with van der Waals surface area (Å²) in [6, 6.07) is 11.0. The third-order valence-electron chi connectivity index (χ3n) is 4.15.